The number of allylic oxidation sites excluding steroid dienone is 2. The fourth-order valence-electron chi connectivity index (χ4n) is 2.67. The van der Waals surface area contributed by atoms with E-state index in [0.29, 0.717) is 5.92 Å². The van der Waals surface area contributed by atoms with Gasteiger partial charge in [-0.25, -0.2) is 0 Å². The molecule has 2 rings (SSSR count). The van der Waals surface area contributed by atoms with Crippen molar-refractivity contribution >= 4 is 0 Å². The van der Waals surface area contributed by atoms with Crippen LogP contribution in [0.3, 0.4) is 0 Å². The Morgan fingerprint density at radius 3 is 2.89 bits per heavy atom. The molecule has 0 fully saturated rings. The van der Waals surface area contributed by atoms with Crippen LogP contribution in [-0.2, 0) is 19.4 Å². The van der Waals surface area contributed by atoms with Crippen LogP contribution in [0.5, 0.6) is 0 Å². The molecule has 2 unspecified atom stereocenters. The Labute approximate surface area is 110 Å². The van der Waals surface area contributed by atoms with Crippen LogP contribution in [0.1, 0.15) is 44.5 Å². The molecule has 0 aliphatic heterocycles. The summed E-state index contributed by atoms with van der Waals surface area (Å²) in [4.78, 5) is 0. The maximum atomic E-state index is 10.4. The van der Waals surface area contributed by atoms with Gasteiger partial charge in [0.1, 0.15) is 0 Å². The third kappa shape index (κ3) is 3.02. The molecule has 100 valence electrons. The fourth-order valence-corrected chi connectivity index (χ4v) is 2.67. The zero-order chi connectivity index (χ0) is 13.0. The molecule has 0 radical (unpaired) electrons. The smallest absolute Gasteiger partial charge is 0.0626 e. The van der Waals surface area contributed by atoms with Crippen molar-refractivity contribution in [2.45, 2.75) is 58.6 Å². The second kappa shape index (κ2) is 6.19. The number of hydrogen-bond donors (Lipinski definition) is 1. The quantitative estimate of drug-likeness (QED) is 0.814. The second-order valence-corrected chi connectivity index (χ2v) is 5.11. The van der Waals surface area contributed by atoms with Gasteiger partial charge in [0.25, 0.3) is 0 Å². The average Bonchev–Trinajstić information content (AvgIpc) is 2.82. The highest BCUT2D eigenvalue weighted by molar-refractivity contribution is 5.12. The first-order valence-electron chi connectivity index (χ1n) is 7.13. The number of aromatic nitrogens is 2. The first-order chi connectivity index (χ1) is 8.74. The Bertz CT molecular complexity index is 409. The number of rotatable bonds is 5. The molecule has 3 heteroatoms. The Morgan fingerprint density at radius 1 is 1.44 bits per heavy atom. The summed E-state index contributed by atoms with van der Waals surface area (Å²) in [5.74, 6) is 0.417. The summed E-state index contributed by atoms with van der Waals surface area (Å²) < 4.78 is 2.03. The number of aliphatic hydroxyl groups is 1. The average molecular weight is 248 g/mol. The Kier molecular flexibility index (Phi) is 4.59. The van der Waals surface area contributed by atoms with E-state index in [1.54, 1.807) is 0 Å². The van der Waals surface area contributed by atoms with Gasteiger partial charge >= 0.3 is 0 Å². The zero-order valence-electron chi connectivity index (χ0n) is 11.5. The van der Waals surface area contributed by atoms with Crippen LogP contribution in [0.4, 0.5) is 0 Å². The van der Waals surface area contributed by atoms with Crippen molar-refractivity contribution in [3.63, 3.8) is 0 Å². The lowest BCUT2D eigenvalue weighted by atomic mass is 9.87. The molecule has 18 heavy (non-hydrogen) atoms. The first kappa shape index (κ1) is 13.3. The van der Waals surface area contributed by atoms with Gasteiger partial charge in [-0.2, -0.15) is 5.10 Å². The summed E-state index contributed by atoms with van der Waals surface area (Å²) in [5, 5.41) is 14.9. The predicted molar refractivity (Wildman–Crippen MR) is 73.5 cm³/mol. The summed E-state index contributed by atoms with van der Waals surface area (Å²) in [6.45, 7) is 5.10. The van der Waals surface area contributed by atoms with Crippen molar-refractivity contribution in [1.29, 1.82) is 0 Å². The van der Waals surface area contributed by atoms with Crippen molar-refractivity contribution in [1.82, 2.24) is 9.78 Å². The van der Waals surface area contributed by atoms with Gasteiger partial charge in [-0.3, -0.25) is 4.68 Å². The van der Waals surface area contributed by atoms with Crippen molar-refractivity contribution < 1.29 is 5.11 Å². The van der Waals surface area contributed by atoms with Gasteiger partial charge in [-0.1, -0.05) is 19.1 Å². The largest absolute Gasteiger partial charge is 0.392 e. The van der Waals surface area contributed by atoms with E-state index in [9.17, 15) is 5.11 Å². The molecule has 0 bridgehead atoms. The SMILES string of the molecule is CCc1cc(CC(O)C2CC=CCC2)n(CC)n1. The highest BCUT2D eigenvalue weighted by atomic mass is 16.3. The van der Waals surface area contributed by atoms with E-state index in [2.05, 4.69) is 37.2 Å². The highest BCUT2D eigenvalue weighted by Crippen LogP contribution is 2.24. The second-order valence-electron chi connectivity index (χ2n) is 5.11. The summed E-state index contributed by atoms with van der Waals surface area (Å²) in [6, 6.07) is 2.14. The van der Waals surface area contributed by atoms with Crippen LogP contribution in [0.25, 0.3) is 0 Å². The van der Waals surface area contributed by atoms with Crippen LogP contribution in [0.2, 0.25) is 0 Å². The standard InChI is InChI=1S/C15H24N2O/c1-3-13-10-14(17(4-2)16-13)11-15(18)12-8-6-5-7-9-12/h5-6,10,12,15,18H,3-4,7-9,11H2,1-2H3. The van der Waals surface area contributed by atoms with Gasteiger partial charge in [0.05, 0.1) is 11.8 Å². The topological polar surface area (TPSA) is 38.0 Å². The van der Waals surface area contributed by atoms with E-state index in [-0.39, 0.29) is 6.10 Å². The lowest BCUT2D eigenvalue weighted by molar-refractivity contribution is 0.100. The molecule has 0 spiro atoms. The third-order valence-corrected chi connectivity index (χ3v) is 3.85. The van der Waals surface area contributed by atoms with Crippen LogP contribution in [-0.4, -0.2) is 21.0 Å². The van der Waals surface area contributed by atoms with Crippen LogP contribution in [0, 0.1) is 5.92 Å². The van der Waals surface area contributed by atoms with Crippen LogP contribution in [0.15, 0.2) is 18.2 Å². The van der Waals surface area contributed by atoms with E-state index in [0.717, 1.165) is 44.3 Å². The van der Waals surface area contributed by atoms with Gasteiger partial charge in [0.2, 0.25) is 0 Å². The lowest BCUT2D eigenvalue weighted by Gasteiger charge is -2.23. The first-order valence-corrected chi connectivity index (χ1v) is 7.13. The number of aryl methyl sites for hydroxylation is 2. The molecule has 0 amide bonds. The van der Waals surface area contributed by atoms with Gasteiger partial charge in [0.15, 0.2) is 0 Å². The van der Waals surface area contributed by atoms with Crippen molar-refractivity contribution in [2.24, 2.45) is 5.92 Å². The molecule has 0 saturated heterocycles. The molecule has 0 aromatic carbocycles. The van der Waals surface area contributed by atoms with Gasteiger partial charge in [0, 0.05) is 18.7 Å². The minimum absolute atomic E-state index is 0.235. The molecule has 1 aliphatic rings. The molecule has 1 aromatic heterocycles. The monoisotopic (exact) mass is 248 g/mol. The van der Waals surface area contributed by atoms with Gasteiger partial charge in [-0.15, -0.1) is 0 Å². The van der Waals surface area contributed by atoms with E-state index < -0.39 is 0 Å². The van der Waals surface area contributed by atoms with Gasteiger partial charge in [-0.05, 0) is 44.6 Å². The summed E-state index contributed by atoms with van der Waals surface area (Å²) >= 11 is 0. The fraction of sp³-hybridized carbons (Fsp3) is 0.667. The predicted octanol–water partition coefficient (Wildman–Crippen LogP) is 2.73. The van der Waals surface area contributed by atoms with E-state index >= 15 is 0 Å². The molecule has 1 N–H and O–H groups in total. The minimum atomic E-state index is -0.235. The molecule has 1 aromatic rings. The molecule has 2 atom stereocenters. The number of hydrogen-bond acceptors (Lipinski definition) is 2. The third-order valence-electron chi connectivity index (χ3n) is 3.85. The molecule has 1 heterocycles. The lowest BCUT2D eigenvalue weighted by Crippen LogP contribution is -2.25. The molecule has 3 nitrogen and oxygen atoms in total. The van der Waals surface area contributed by atoms with E-state index in [1.807, 2.05) is 4.68 Å². The van der Waals surface area contributed by atoms with Crippen molar-refractivity contribution in [2.75, 3.05) is 0 Å². The number of nitrogens with zero attached hydrogens (tertiary/aromatic N) is 2. The molecular formula is C15H24N2O. The highest BCUT2D eigenvalue weighted by Gasteiger charge is 2.21. The Hall–Kier alpha value is -1.09. The molecule has 1 aliphatic carbocycles. The van der Waals surface area contributed by atoms with E-state index in [1.165, 1.54) is 5.69 Å². The molecular weight excluding hydrogens is 224 g/mol. The molecule has 0 saturated carbocycles. The maximum Gasteiger partial charge on any atom is 0.0626 e. The minimum Gasteiger partial charge on any atom is -0.392 e. The van der Waals surface area contributed by atoms with E-state index in [4.69, 9.17) is 0 Å². The maximum absolute atomic E-state index is 10.4. The Balaban J connectivity index is 2.03. The van der Waals surface area contributed by atoms with Crippen molar-refractivity contribution in [3.05, 3.63) is 29.6 Å². The Morgan fingerprint density at radius 2 is 2.28 bits per heavy atom. The summed E-state index contributed by atoms with van der Waals surface area (Å²) in [6.07, 6.45) is 9.11. The number of aliphatic hydroxyl groups excluding tert-OH is 1. The summed E-state index contributed by atoms with van der Waals surface area (Å²) in [7, 11) is 0. The summed E-state index contributed by atoms with van der Waals surface area (Å²) in [5.41, 5.74) is 2.30. The van der Waals surface area contributed by atoms with Gasteiger partial charge < -0.3 is 5.11 Å². The van der Waals surface area contributed by atoms with Crippen molar-refractivity contribution in [3.8, 4) is 0 Å². The zero-order valence-corrected chi connectivity index (χ0v) is 11.5. The normalized spacial score (nSPS) is 21.2. The van der Waals surface area contributed by atoms with Crippen LogP contribution < -0.4 is 0 Å². The van der Waals surface area contributed by atoms with Crippen LogP contribution >= 0.6 is 0 Å².